The second-order valence-electron chi connectivity index (χ2n) is 9.45. The topological polar surface area (TPSA) is 29.1 Å². The fraction of sp³-hybridized carbons (Fsp3) is 0.958. The van der Waals surface area contributed by atoms with E-state index in [1.807, 2.05) is 0 Å². The zero-order valence-corrected chi connectivity index (χ0v) is 20.1. The maximum absolute atomic E-state index is 13.2. The summed E-state index contributed by atoms with van der Waals surface area (Å²) in [4.78, 5) is 13.2. The van der Waals surface area contributed by atoms with Gasteiger partial charge in [-0.2, -0.15) is 0 Å². The summed E-state index contributed by atoms with van der Waals surface area (Å²) in [5, 5.41) is 3.62. The molecule has 0 aliphatic carbocycles. The second kappa shape index (κ2) is 14.9. The summed E-state index contributed by atoms with van der Waals surface area (Å²) in [5.74, 6) is 2.64. The SMILES string of the molecule is CCCCC(C)(C)C(=O)[C@H](CCCCCC(C)C(C)CCCl)NC(C)CC. The van der Waals surface area contributed by atoms with Crippen molar-refractivity contribution < 1.29 is 4.79 Å². The van der Waals surface area contributed by atoms with Crippen molar-refractivity contribution in [2.45, 2.75) is 125 Å². The smallest absolute Gasteiger partial charge is 0.155 e. The van der Waals surface area contributed by atoms with E-state index < -0.39 is 0 Å². The third kappa shape index (κ3) is 11.5. The van der Waals surface area contributed by atoms with Crippen molar-refractivity contribution in [3.05, 3.63) is 0 Å². The highest BCUT2D eigenvalue weighted by Gasteiger charge is 2.33. The van der Waals surface area contributed by atoms with Gasteiger partial charge < -0.3 is 5.32 Å². The maximum Gasteiger partial charge on any atom is 0.155 e. The van der Waals surface area contributed by atoms with E-state index in [1.165, 1.54) is 19.3 Å². The van der Waals surface area contributed by atoms with Crippen LogP contribution in [0, 0.1) is 17.3 Å². The molecule has 162 valence electrons. The molecule has 3 heteroatoms. The monoisotopic (exact) mass is 401 g/mol. The van der Waals surface area contributed by atoms with Crippen LogP contribution in [0.4, 0.5) is 0 Å². The molecule has 4 atom stereocenters. The van der Waals surface area contributed by atoms with E-state index >= 15 is 0 Å². The minimum absolute atomic E-state index is 0.0133. The molecule has 0 aromatic carbocycles. The molecule has 3 unspecified atom stereocenters. The molecule has 0 amide bonds. The van der Waals surface area contributed by atoms with E-state index in [0.717, 1.165) is 56.7 Å². The molecule has 0 rings (SSSR count). The predicted molar refractivity (Wildman–Crippen MR) is 122 cm³/mol. The maximum atomic E-state index is 13.2. The number of ketones is 1. The summed E-state index contributed by atoms with van der Waals surface area (Å²) in [6.07, 6.45) is 11.3. The fourth-order valence-corrected chi connectivity index (χ4v) is 4.04. The number of unbranched alkanes of at least 4 members (excludes halogenated alkanes) is 3. The molecule has 0 aliphatic rings. The Kier molecular flexibility index (Phi) is 14.8. The van der Waals surface area contributed by atoms with Gasteiger partial charge >= 0.3 is 0 Å². The van der Waals surface area contributed by atoms with Crippen LogP contribution in [-0.2, 0) is 4.79 Å². The van der Waals surface area contributed by atoms with Crippen LogP contribution in [0.2, 0.25) is 0 Å². The summed E-state index contributed by atoms with van der Waals surface area (Å²) in [6, 6.07) is 0.414. The van der Waals surface area contributed by atoms with Crippen molar-refractivity contribution in [3.63, 3.8) is 0 Å². The van der Waals surface area contributed by atoms with Gasteiger partial charge in [-0.15, -0.1) is 11.6 Å². The molecule has 1 N–H and O–H groups in total. The first kappa shape index (κ1) is 26.9. The highest BCUT2D eigenvalue weighted by Crippen LogP contribution is 2.28. The van der Waals surface area contributed by atoms with Crippen LogP contribution in [0.5, 0.6) is 0 Å². The molecule has 0 heterocycles. The van der Waals surface area contributed by atoms with Crippen LogP contribution in [0.25, 0.3) is 0 Å². The van der Waals surface area contributed by atoms with Crippen LogP contribution in [0.3, 0.4) is 0 Å². The lowest BCUT2D eigenvalue weighted by Crippen LogP contribution is -2.47. The lowest BCUT2D eigenvalue weighted by Gasteiger charge is -2.31. The molecule has 0 aliphatic heterocycles. The van der Waals surface area contributed by atoms with Crippen LogP contribution < -0.4 is 5.32 Å². The summed E-state index contributed by atoms with van der Waals surface area (Å²) in [6.45, 7) is 15.5. The largest absolute Gasteiger partial charge is 0.305 e. The third-order valence-corrected chi connectivity index (χ3v) is 6.64. The van der Waals surface area contributed by atoms with Crippen molar-refractivity contribution >= 4 is 17.4 Å². The van der Waals surface area contributed by atoms with E-state index in [9.17, 15) is 4.79 Å². The number of hydrogen-bond acceptors (Lipinski definition) is 2. The minimum Gasteiger partial charge on any atom is -0.305 e. The van der Waals surface area contributed by atoms with Crippen molar-refractivity contribution in [1.82, 2.24) is 5.32 Å². The Morgan fingerprint density at radius 2 is 1.52 bits per heavy atom. The molecule has 0 saturated heterocycles. The molecule has 0 fully saturated rings. The van der Waals surface area contributed by atoms with Gasteiger partial charge in [-0.25, -0.2) is 0 Å². The van der Waals surface area contributed by atoms with Crippen LogP contribution >= 0.6 is 11.6 Å². The van der Waals surface area contributed by atoms with Crippen molar-refractivity contribution in [1.29, 1.82) is 0 Å². The molecule has 0 aromatic rings. The summed E-state index contributed by atoms with van der Waals surface area (Å²) < 4.78 is 0. The molecule has 2 nitrogen and oxygen atoms in total. The van der Waals surface area contributed by atoms with Gasteiger partial charge in [-0.05, 0) is 44.4 Å². The molecule has 0 radical (unpaired) electrons. The number of alkyl halides is 1. The van der Waals surface area contributed by atoms with Crippen LogP contribution in [0.1, 0.15) is 113 Å². The lowest BCUT2D eigenvalue weighted by molar-refractivity contribution is -0.130. The molecule has 0 saturated carbocycles. The van der Waals surface area contributed by atoms with E-state index in [2.05, 4.69) is 53.8 Å². The highest BCUT2D eigenvalue weighted by molar-refractivity contribution is 6.17. The first-order valence-electron chi connectivity index (χ1n) is 11.6. The zero-order chi connectivity index (χ0) is 20.9. The van der Waals surface area contributed by atoms with Gasteiger partial charge in [0.2, 0.25) is 0 Å². The summed E-state index contributed by atoms with van der Waals surface area (Å²) >= 11 is 5.87. The number of carbonyl (C=O) groups is 1. The van der Waals surface area contributed by atoms with Gasteiger partial charge in [-0.3, -0.25) is 4.79 Å². The van der Waals surface area contributed by atoms with Crippen molar-refractivity contribution in [3.8, 4) is 0 Å². The predicted octanol–water partition coefficient (Wildman–Crippen LogP) is 7.38. The van der Waals surface area contributed by atoms with Gasteiger partial charge in [0.25, 0.3) is 0 Å². The number of nitrogens with one attached hydrogen (secondary N) is 1. The number of halogens is 1. The van der Waals surface area contributed by atoms with E-state index in [1.54, 1.807) is 0 Å². The first-order chi connectivity index (χ1) is 12.7. The highest BCUT2D eigenvalue weighted by atomic mass is 35.5. The van der Waals surface area contributed by atoms with Gasteiger partial charge in [-0.1, -0.05) is 80.1 Å². The van der Waals surface area contributed by atoms with Crippen molar-refractivity contribution in [2.75, 3.05) is 5.88 Å². The van der Waals surface area contributed by atoms with Crippen LogP contribution in [0.15, 0.2) is 0 Å². The standard InChI is InChI=1S/C24H48ClNO/c1-8-10-17-24(6,7)23(27)22(26-21(5)9-2)15-13-11-12-14-19(3)20(4)16-18-25/h19-22,26H,8-18H2,1-7H3/t19?,20?,21?,22-/m0/s1. The Morgan fingerprint density at radius 1 is 0.926 bits per heavy atom. The zero-order valence-electron chi connectivity index (χ0n) is 19.4. The average Bonchev–Trinajstić information content (AvgIpc) is 2.64. The number of carbonyl (C=O) groups excluding carboxylic acids is 1. The second-order valence-corrected chi connectivity index (χ2v) is 9.83. The quantitative estimate of drug-likeness (QED) is 0.203. The number of Topliss-reactive ketones (excluding diaryl/α,β-unsaturated/α-hetero) is 1. The molecule has 0 aromatic heterocycles. The van der Waals surface area contributed by atoms with Gasteiger partial charge in [0.1, 0.15) is 0 Å². The van der Waals surface area contributed by atoms with Gasteiger partial charge in [0.05, 0.1) is 6.04 Å². The summed E-state index contributed by atoms with van der Waals surface area (Å²) in [5.41, 5.74) is -0.216. The van der Waals surface area contributed by atoms with Crippen molar-refractivity contribution in [2.24, 2.45) is 17.3 Å². The minimum atomic E-state index is -0.216. The molecular formula is C24H48ClNO. The fourth-order valence-electron chi connectivity index (χ4n) is 3.70. The molecule has 0 bridgehead atoms. The Bertz CT molecular complexity index is 383. The Balaban J connectivity index is 4.51. The Hall–Kier alpha value is -0.0800. The Labute approximate surface area is 175 Å². The van der Waals surface area contributed by atoms with E-state index in [4.69, 9.17) is 11.6 Å². The Morgan fingerprint density at radius 3 is 2.07 bits per heavy atom. The average molecular weight is 402 g/mol. The molecular weight excluding hydrogens is 354 g/mol. The first-order valence-corrected chi connectivity index (χ1v) is 12.1. The third-order valence-electron chi connectivity index (χ3n) is 6.43. The van der Waals surface area contributed by atoms with Crippen LogP contribution in [-0.4, -0.2) is 23.7 Å². The number of hydrogen-bond donors (Lipinski definition) is 1. The van der Waals surface area contributed by atoms with E-state index in [0.29, 0.717) is 17.7 Å². The normalized spacial score (nSPS) is 16.7. The summed E-state index contributed by atoms with van der Waals surface area (Å²) in [7, 11) is 0. The molecule has 0 spiro atoms. The lowest BCUT2D eigenvalue weighted by atomic mass is 9.78. The van der Waals surface area contributed by atoms with Gasteiger partial charge in [0.15, 0.2) is 5.78 Å². The van der Waals surface area contributed by atoms with Gasteiger partial charge in [0, 0.05) is 17.3 Å². The van der Waals surface area contributed by atoms with E-state index in [-0.39, 0.29) is 11.5 Å². The number of rotatable bonds is 17. The molecule has 27 heavy (non-hydrogen) atoms.